The second-order valence-corrected chi connectivity index (χ2v) is 10.8. The van der Waals surface area contributed by atoms with Gasteiger partial charge in [0, 0.05) is 44.7 Å². The van der Waals surface area contributed by atoms with Gasteiger partial charge in [-0.05, 0) is 48.3 Å². The monoisotopic (exact) mass is 525 g/mol. The molecule has 3 aromatic rings. The fourth-order valence-corrected chi connectivity index (χ4v) is 5.85. The van der Waals surface area contributed by atoms with E-state index in [2.05, 4.69) is 28.4 Å². The van der Waals surface area contributed by atoms with Crippen LogP contribution in [0.2, 0.25) is 0 Å². The Balaban J connectivity index is 1.28. The Bertz CT molecular complexity index is 1220. The maximum absolute atomic E-state index is 13.6. The second-order valence-electron chi connectivity index (χ2n) is 10.8. The zero-order valence-corrected chi connectivity index (χ0v) is 22.6. The Hall–Kier alpha value is -3.64. The Labute approximate surface area is 232 Å². The molecule has 5 rings (SSSR count). The summed E-state index contributed by atoms with van der Waals surface area (Å²) in [6, 6.07) is 28.5. The largest absolute Gasteiger partial charge is 0.493 e. The number of carbonyl (C=O) groups excluding carboxylic acids is 2. The topological polar surface area (TPSA) is 61.9 Å². The van der Waals surface area contributed by atoms with Gasteiger partial charge >= 0.3 is 0 Å². The number of amides is 2. The molecule has 2 heterocycles. The van der Waals surface area contributed by atoms with Gasteiger partial charge < -0.3 is 15.0 Å². The van der Waals surface area contributed by atoms with Gasteiger partial charge in [-0.2, -0.15) is 0 Å². The Morgan fingerprint density at radius 3 is 2.38 bits per heavy atom. The Morgan fingerprint density at radius 2 is 1.59 bits per heavy atom. The molecule has 6 nitrogen and oxygen atoms in total. The molecular weight excluding hydrogens is 486 g/mol. The van der Waals surface area contributed by atoms with Crippen LogP contribution in [0.15, 0.2) is 84.9 Å². The summed E-state index contributed by atoms with van der Waals surface area (Å²) in [6.45, 7) is 4.30. The van der Waals surface area contributed by atoms with Gasteiger partial charge in [0.05, 0.1) is 13.2 Å². The number of hydrogen-bond acceptors (Lipinski definition) is 4. The van der Waals surface area contributed by atoms with Crippen molar-refractivity contribution in [3.63, 3.8) is 0 Å². The van der Waals surface area contributed by atoms with Gasteiger partial charge in [-0.1, -0.05) is 78.9 Å². The van der Waals surface area contributed by atoms with Crippen molar-refractivity contribution in [2.24, 2.45) is 11.8 Å². The van der Waals surface area contributed by atoms with E-state index in [4.69, 9.17) is 4.74 Å². The highest BCUT2D eigenvalue weighted by molar-refractivity contribution is 5.79. The van der Waals surface area contributed by atoms with Crippen LogP contribution >= 0.6 is 0 Å². The van der Waals surface area contributed by atoms with Crippen molar-refractivity contribution >= 4 is 11.8 Å². The minimum atomic E-state index is 0.0887. The number of ether oxygens (including phenoxy) is 1. The van der Waals surface area contributed by atoms with Crippen LogP contribution in [-0.4, -0.2) is 47.9 Å². The van der Waals surface area contributed by atoms with Crippen LogP contribution in [0, 0.1) is 11.8 Å². The molecule has 3 aromatic carbocycles. The lowest BCUT2D eigenvalue weighted by Gasteiger charge is -2.39. The van der Waals surface area contributed by atoms with Gasteiger partial charge in [-0.15, -0.1) is 0 Å². The maximum atomic E-state index is 13.6. The molecule has 0 aliphatic carbocycles. The van der Waals surface area contributed by atoms with Crippen LogP contribution in [0.25, 0.3) is 0 Å². The van der Waals surface area contributed by atoms with Crippen molar-refractivity contribution < 1.29 is 14.3 Å². The number of rotatable bonds is 6. The lowest BCUT2D eigenvalue weighted by Crippen LogP contribution is -2.48. The summed E-state index contributed by atoms with van der Waals surface area (Å²) in [6.07, 6.45) is 3.20. The predicted molar refractivity (Wildman–Crippen MR) is 153 cm³/mol. The van der Waals surface area contributed by atoms with Crippen molar-refractivity contribution in [1.29, 1.82) is 0 Å². The number of nitrogens with one attached hydrogen (secondary N) is 1. The van der Waals surface area contributed by atoms with Gasteiger partial charge in [-0.3, -0.25) is 14.5 Å². The third kappa shape index (κ3) is 7.70. The number of carbonyl (C=O) groups is 2. The number of benzene rings is 3. The van der Waals surface area contributed by atoms with Crippen molar-refractivity contribution in [2.75, 3.05) is 26.2 Å². The summed E-state index contributed by atoms with van der Waals surface area (Å²) in [5.74, 6) is 1.70. The number of fused-ring (bicyclic) bond motifs is 3. The van der Waals surface area contributed by atoms with Crippen molar-refractivity contribution in [2.45, 2.75) is 45.3 Å². The smallest absolute Gasteiger partial charge is 0.236 e. The lowest BCUT2D eigenvalue weighted by molar-refractivity contribution is -0.135. The van der Waals surface area contributed by atoms with E-state index in [9.17, 15) is 9.59 Å². The molecule has 0 saturated carbocycles. The zero-order chi connectivity index (χ0) is 26.9. The molecule has 39 heavy (non-hydrogen) atoms. The van der Waals surface area contributed by atoms with E-state index in [1.165, 1.54) is 5.56 Å². The summed E-state index contributed by atoms with van der Waals surface area (Å²) < 4.78 is 6.26. The first-order chi connectivity index (χ1) is 19.1. The van der Waals surface area contributed by atoms with Crippen LogP contribution in [-0.2, 0) is 29.2 Å². The van der Waals surface area contributed by atoms with E-state index < -0.39 is 0 Å². The number of hydrogen-bond donors (Lipinski definition) is 1. The second kappa shape index (κ2) is 13.4. The highest BCUT2D eigenvalue weighted by atomic mass is 16.5. The molecule has 2 bridgehead atoms. The lowest BCUT2D eigenvalue weighted by atomic mass is 9.80. The fourth-order valence-electron chi connectivity index (χ4n) is 5.85. The molecule has 0 aromatic heterocycles. The molecule has 0 spiro atoms. The summed E-state index contributed by atoms with van der Waals surface area (Å²) in [4.78, 5) is 30.7. The van der Waals surface area contributed by atoms with Crippen LogP contribution in [0.3, 0.4) is 0 Å². The molecule has 2 amide bonds. The summed E-state index contributed by atoms with van der Waals surface area (Å²) >= 11 is 0. The van der Waals surface area contributed by atoms with Crippen LogP contribution in [0.5, 0.6) is 5.75 Å². The van der Waals surface area contributed by atoms with E-state index in [-0.39, 0.29) is 23.7 Å². The van der Waals surface area contributed by atoms with Gasteiger partial charge in [-0.25, -0.2) is 0 Å². The molecule has 1 N–H and O–H groups in total. The summed E-state index contributed by atoms with van der Waals surface area (Å²) in [7, 11) is 0. The van der Waals surface area contributed by atoms with E-state index >= 15 is 0 Å². The molecule has 0 unspecified atom stereocenters. The molecule has 6 heteroatoms. The highest BCUT2D eigenvalue weighted by Gasteiger charge is 2.33. The van der Waals surface area contributed by atoms with Crippen LogP contribution in [0.1, 0.15) is 42.4 Å². The molecule has 2 aliphatic heterocycles. The van der Waals surface area contributed by atoms with E-state index in [0.29, 0.717) is 52.3 Å². The number of nitrogens with zero attached hydrogens (tertiary/aromatic N) is 2. The minimum absolute atomic E-state index is 0.0887. The average Bonchev–Trinajstić information content (AvgIpc) is 2.97. The quantitative estimate of drug-likeness (QED) is 0.490. The molecule has 1 saturated heterocycles. The Morgan fingerprint density at radius 1 is 0.872 bits per heavy atom. The Kier molecular flexibility index (Phi) is 9.28. The van der Waals surface area contributed by atoms with Crippen LogP contribution in [0.4, 0.5) is 0 Å². The van der Waals surface area contributed by atoms with Gasteiger partial charge in [0.1, 0.15) is 5.75 Å². The molecule has 2 atom stereocenters. The van der Waals surface area contributed by atoms with E-state index in [1.807, 2.05) is 71.6 Å². The van der Waals surface area contributed by atoms with Crippen LogP contribution < -0.4 is 10.1 Å². The molecule has 204 valence electrons. The minimum Gasteiger partial charge on any atom is -0.493 e. The van der Waals surface area contributed by atoms with Crippen molar-refractivity contribution in [1.82, 2.24) is 15.1 Å². The molecule has 1 fully saturated rings. The first kappa shape index (κ1) is 26.9. The summed E-state index contributed by atoms with van der Waals surface area (Å²) in [5, 5.41) is 3.09. The first-order valence-corrected chi connectivity index (χ1v) is 14.2. The maximum Gasteiger partial charge on any atom is 0.236 e. The number of piperidine rings is 1. The average molecular weight is 526 g/mol. The third-order valence-corrected chi connectivity index (χ3v) is 7.98. The van der Waals surface area contributed by atoms with Gasteiger partial charge in [0.15, 0.2) is 0 Å². The predicted octanol–water partition coefficient (Wildman–Crippen LogP) is 5.03. The first-order valence-electron chi connectivity index (χ1n) is 14.2. The standard InChI is InChI=1S/C33H39N3O3/c37-32(34-21-26-10-3-1-4-11-26)20-28-17-18-36-24-29(28)15-9-19-39-31-16-8-7-14-30(31)23-35(25-33(36)38)22-27-12-5-2-6-13-27/h1-8,10-14,16,28-29H,9,15,17-25H2,(H,34,37)/t28-,29-/m0/s1. The fraction of sp³-hybridized carbons (Fsp3) is 0.394. The SMILES string of the molecule is O=C(C[C@@H]1CCN2C[C@@H]1CCCOc1ccccc1CN(Cc1ccccc1)CC2=O)NCc1ccccc1. The third-order valence-electron chi connectivity index (χ3n) is 7.98. The highest BCUT2D eigenvalue weighted by Crippen LogP contribution is 2.31. The van der Waals surface area contributed by atoms with Gasteiger partial charge in [0.25, 0.3) is 0 Å². The van der Waals surface area contributed by atoms with E-state index in [0.717, 1.165) is 36.1 Å². The van der Waals surface area contributed by atoms with Crippen molar-refractivity contribution in [3.8, 4) is 5.75 Å². The number of para-hydroxylation sites is 1. The van der Waals surface area contributed by atoms with Gasteiger partial charge in [0.2, 0.25) is 11.8 Å². The molecule has 2 aliphatic rings. The summed E-state index contributed by atoms with van der Waals surface area (Å²) in [5.41, 5.74) is 3.39. The van der Waals surface area contributed by atoms with E-state index in [1.54, 1.807) is 0 Å². The molecular formula is C33H39N3O3. The normalized spacial score (nSPS) is 20.5. The van der Waals surface area contributed by atoms with Crippen molar-refractivity contribution in [3.05, 3.63) is 102 Å². The molecule has 0 radical (unpaired) electrons. The zero-order valence-electron chi connectivity index (χ0n) is 22.6.